The number of halogens is 1. The molecule has 0 aliphatic heterocycles. The minimum Gasteiger partial charge on any atom is -0.316 e. The molecular formula is C15H12FN3O3S2. The Balaban J connectivity index is 2.09. The number of benzene rings is 1. The van der Waals surface area contributed by atoms with E-state index in [0.29, 0.717) is 16.0 Å². The highest BCUT2D eigenvalue weighted by molar-refractivity contribution is 7.17. The van der Waals surface area contributed by atoms with Crippen molar-refractivity contribution in [3.8, 4) is 0 Å². The maximum Gasteiger partial charge on any atom is 0.324 e. The third-order valence-corrected chi connectivity index (χ3v) is 5.34. The summed E-state index contributed by atoms with van der Waals surface area (Å²) >= 11 is 2.01. The highest BCUT2D eigenvalue weighted by Gasteiger charge is 2.15. The first-order valence-electron chi connectivity index (χ1n) is 7.11. The van der Waals surface area contributed by atoms with Crippen molar-refractivity contribution >= 4 is 43.8 Å². The molecule has 0 atom stereocenters. The van der Waals surface area contributed by atoms with Crippen molar-refractivity contribution in [2.24, 2.45) is 4.99 Å². The van der Waals surface area contributed by atoms with Crippen LogP contribution in [0.1, 0.15) is 23.0 Å². The van der Waals surface area contributed by atoms with Crippen LogP contribution in [0.2, 0.25) is 0 Å². The summed E-state index contributed by atoms with van der Waals surface area (Å²) in [7, 11) is 0. The third-order valence-electron chi connectivity index (χ3n) is 3.27. The molecule has 3 rings (SSSR count). The molecule has 0 unspecified atom stereocenters. The van der Waals surface area contributed by atoms with Crippen LogP contribution in [0.15, 0.2) is 35.3 Å². The highest BCUT2D eigenvalue weighted by Crippen LogP contribution is 2.25. The molecule has 0 spiro atoms. The second-order valence-electron chi connectivity index (χ2n) is 4.96. The summed E-state index contributed by atoms with van der Waals surface area (Å²) in [5.41, 5.74) is 0.812. The molecule has 0 saturated carbocycles. The van der Waals surface area contributed by atoms with Gasteiger partial charge in [0.2, 0.25) is 0 Å². The number of hydrogen-bond acceptors (Lipinski definition) is 5. The van der Waals surface area contributed by atoms with E-state index in [2.05, 4.69) is 4.99 Å². The Morgan fingerprint density at radius 3 is 2.79 bits per heavy atom. The molecule has 3 aromatic rings. The lowest BCUT2D eigenvalue weighted by Crippen LogP contribution is -2.16. The number of hydrogen-bond donors (Lipinski definition) is 0. The van der Waals surface area contributed by atoms with Gasteiger partial charge in [0.15, 0.2) is 4.80 Å². The Hall–Kier alpha value is -2.39. The number of nitrogens with zero attached hydrogens (tertiary/aromatic N) is 3. The second kappa shape index (κ2) is 6.62. The van der Waals surface area contributed by atoms with Crippen LogP contribution in [0, 0.1) is 15.9 Å². The van der Waals surface area contributed by atoms with Crippen LogP contribution >= 0.6 is 22.7 Å². The van der Waals surface area contributed by atoms with Crippen LogP contribution in [0.4, 0.5) is 9.39 Å². The molecule has 2 aromatic heterocycles. The van der Waals surface area contributed by atoms with Crippen molar-refractivity contribution in [1.29, 1.82) is 0 Å². The largest absolute Gasteiger partial charge is 0.324 e. The van der Waals surface area contributed by atoms with Gasteiger partial charge in [0, 0.05) is 12.6 Å². The number of rotatable bonds is 4. The van der Waals surface area contributed by atoms with Crippen molar-refractivity contribution in [3.63, 3.8) is 0 Å². The van der Waals surface area contributed by atoms with Crippen molar-refractivity contribution in [3.05, 3.63) is 55.9 Å². The molecule has 1 amide bonds. The molecule has 124 valence electrons. The van der Waals surface area contributed by atoms with Gasteiger partial charge < -0.3 is 4.57 Å². The van der Waals surface area contributed by atoms with Gasteiger partial charge in [-0.05, 0) is 30.7 Å². The second-order valence-corrected chi connectivity index (χ2v) is 7.03. The summed E-state index contributed by atoms with van der Waals surface area (Å²) in [6.45, 7) is 2.64. The van der Waals surface area contributed by atoms with Crippen LogP contribution in [0.5, 0.6) is 0 Å². The van der Waals surface area contributed by atoms with E-state index in [4.69, 9.17) is 0 Å². The summed E-state index contributed by atoms with van der Waals surface area (Å²) in [6.07, 6.45) is 0.828. The number of carbonyl (C=O) groups excluding carboxylic acids is 1. The van der Waals surface area contributed by atoms with Crippen LogP contribution in [0.25, 0.3) is 10.2 Å². The lowest BCUT2D eigenvalue weighted by atomic mass is 10.3. The van der Waals surface area contributed by atoms with Crippen molar-refractivity contribution < 1.29 is 14.1 Å². The first-order valence-corrected chi connectivity index (χ1v) is 8.75. The molecule has 0 bridgehead atoms. The fourth-order valence-corrected chi connectivity index (χ4v) is 4.04. The molecule has 6 nitrogen and oxygen atoms in total. The van der Waals surface area contributed by atoms with Gasteiger partial charge in [-0.1, -0.05) is 29.6 Å². The zero-order valence-corrected chi connectivity index (χ0v) is 14.2. The molecule has 0 fully saturated rings. The van der Waals surface area contributed by atoms with Gasteiger partial charge >= 0.3 is 5.00 Å². The van der Waals surface area contributed by atoms with E-state index in [0.717, 1.165) is 23.3 Å². The fraction of sp³-hybridized carbons (Fsp3) is 0.200. The summed E-state index contributed by atoms with van der Waals surface area (Å²) in [5, 5.41) is 10.6. The van der Waals surface area contributed by atoms with E-state index in [-0.39, 0.29) is 15.7 Å². The average Bonchev–Trinajstić information content (AvgIpc) is 3.13. The monoisotopic (exact) mass is 365 g/mol. The summed E-state index contributed by atoms with van der Waals surface area (Å²) in [5.74, 6) is -0.885. The molecule has 9 heteroatoms. The van der Waals surface area contributed by atoms with Gasteiger partial charge in [-0.15, -0.1) is 0 Å². The van der Waals surface area contributed by atoms with Gasteiger partial charge in [0.05, 0.1) is 15.1 Å². The average molecular weight is 365 g/mol. The number of aromatic nitrogens is 1. The molecule has 0 N–H and O–H groups in total. The van der Waals surface area contributed by atoms with E-state index in [1.54, 1.807) is 6.07 Å². The maximum atomic E-state index is 13.4. The predicted octanol–water partition coefficient (Wildman–Crippen LogP) is 3.96. The first kappa shape index (κ1) is 16.5. The Morgan fingerprint density at radius 1 is 1.33 bits per heavy atom. The number of nitro groups is 1. The van der Waals surface area contributed by atoms with E-state index in [1.165, 1.54) is 35.6 Å². The number of carbonyl (C=O) groups is 1. The van der Waals surface area contributed by atoms with Crippen molar-refractivity contribution in [1.82, 2.24) is 4.57 Å². The molecule has 0 aliphatic carbocycles. The lowest BCUT2D eigenvalue weighted by molar-refractivity contribution is -0.380. The standard InChI is InChI=1S/C15H12FN3O3S2/c1-2-7-18-10-4-3-9(16)8-12(10)24-15(18)17-14(20)11-5-6-13(23-11)19(21)22/h3-6,8H,2,7H2,1H3. The van der Waals surface area contributed by atoms with Crippen LogP contribution in [-0.4, -0.2) is 15.4 Å². The van der Waals surface area contributed by atoms with Gasteiger partial charge in [-0.2, -0.15) is 4.99 Å². The fourth-order valence-electron chi connectivity index (χ4n) is 2.25. The first-order chi connectivity index (χ1) is 11.5. The number of aryl methyl sites for hydroxylation is 1. The van der Waals surface area contributed by atoms with Crippen LogP contribution < -0.4 is 4.80 Å². The quantitative estimate of drug-likeness (QED) is 0.518. The minimum absolute atomic E-state index is 0.103. The van der Waals surface area contributed by atoms with Crippen molar-refractivity contribution in [2.75, 3.05) is 0 Å². The molecule has 0 radical (unpaired) electrons. The maximum absolute atomic E-state index is 13.4. The zero-order chi connectivity index (χ0) is 17.3. The van der Waals surface area contributed by atoms with Gasteiger partial charge in [-0.25, -0.2) is 4.39 Å². The Bertz CT molecular complexity index is 1000. The number of fused-ring (bicyclic) bond motifs is 1. The van der Waals surface area contributed by atoms with Crippen LogP contribution in [0.3, 0.4) is 0 Å². The summed E-state index contributed by atoms with van der Waals surface area (Å²) < 4.78 is 16.0. The van der Waals surface area contributed by atoms with E-state index < -0.39 is 10.8 Å². The third kappa shape index (κ3) is 3.13. The van der Waals surface area contributed by atoms with Crippen molar-refractivity contribution in [2.45, 2.75) is 19.9 Å². The number of thiazole rings is 1. The number of amides is 1. The Kier molecular flexibility index (Phi) is 4.54. The Labute approximate surface area is 143 Å². The summed E-state index contributed by atoms with van der Waals surface area (Å²) in [6, 6.07) is 7.12. The van der Waals surface area contributed by atoms with Gasteiger partial charge in [0.1, 0.15) is 10.7 Å². The molecule has 1 aromatic carbocycles. The predicted molar refractivity (Wildman–Crippen MR) is 90.9 cm³/mol. The van der Waals surface area contributed by atoms with E-state index >= 15 is 0 Å². The highest BCUT2D eigenvalue weighted by atomic mass is 32.1. The summed E-state index contributed by atoms with van der Waals surface area (Å²) in [4.78, 5) is 27.2. The number of thiophene rings is 1. The molecule has 2 heterocycles. The van der Waals surface area contributed by atoms with Crippen LogP contribution in [-0.2, 0) is 6.54 Å². The SMILES string of the molecule is CCCn1c(=NC(=O)c2ccc([N+](=O)[O-])s2)sc2cc(F)ccc21. The van der Waals surface area contributed by atoms with Gasteiger partial charge in [0.25, 0.3) is 5.91 Å². The Morgan fingerprint density at radius 2 is 2.12 bits per heavy atom. The molecule has 24 heavy (non-hydrogen) atoms. The lowest BCUT2D eigenvalue weighted by Gasteiger charge is -2.02. The minimum atomic E-state index is -0.541. The van der Waals surface area contributed by atoms with E-state index in [9.17, 15) is 19.3 Å². The topological polar surface area (TPSA) is 77.5 Å². The normalized spacial score (nSPS) is 12.0. The smallest absolute Gasteiger partial charge is 0.316 e. The molecule has 0 saturated heterocycles. The van der Waals surface area contributed by atoms with E-state index in [1.807, 2.05) is 11.5 Å². The zero-order valence-electron chi connectivity index (χ0n) is 12.6. The molecule has 0 aliphatic rings. The van der Waals surface area contributed by atoms with Gasteiger partial charge in [-0.3, -0.25) is 14.9 Å². The molecular weight excluding hydrogens is 353 g/mol.